The van der Waals surface area contributed by atoms with Gasteiger partial charge in [-0.25, -0.2) is 4.39 Å². The van der Waals surface area contributed by atoms with E-state index >= 15 is 0 Å². The number of methoxy groups -OCH3 is 1. The predicted molar refractivity (Wildman–Crippen MR) is 83.5 cm³/mol. The molecule has 126 valence electrons. The van der Waals surface area contributed by atoms with Gasteiger partial charge in [0.25, 0.3) is 5.91 Å². The standard InChI is InChI=1S/C16H15FN2O5/c1-18(9-10-6-7-14(24-2)12(17)8-10)16(21)11-4-3-5-13(15(11)20)19(22)23/h3-8,20H,9H2,1-2H3. The van der Waals surface area contributed by atoms with Gasteiger partial charge < -0.3 is 14.7 Å². The van der Waals surface area contributed by atoms with Crippen LogP contribution in [-0.4, -0.2) is 35.0 Å². The van der Waals surface area contributed by atoms with E-state index in [1.807, 2.05) is 0 Å². The summed E-state index contributed by atoms with van der Waals surface area (Å²) in [6.45, 7) is 0.0574. The molecule has 0 saturated carbocycles. The van der Waals surface area contributed by atoms with E-state index in [1.54, 1.807) is 6.07 Å². The van der Waals surface area contributed by atoms with Crippen LogP contribution in [0.25, 0.3) is 0 Å². The lowest BCUT2D eigenvalue weighted by atomic mass is 10.1. The number of carbonyl (C=O) groups is 1. The zero-order valence-electron chi connectivity index (χ0n) is 13.0. The zero-order valence-corrected chi connectivity index (χ0v) is 13.0. The van der Waals surface area contributed by atoms with Crippen LogP contribution in [0.2, 0.25) is 0 Å². The van der Waals surface area contributed by atoms with E-state index in [9.17, 15) is 24.4 Å². The summed E-state index contributed by atoms with van der Waals surface area (Å²) in [6.07, 6.45) is 0. The Morgan fingerprint density at radius 3 is 2.67 bits per heavy atom. The third-order valence-corrected chi connectivity index (χ3v) is 3.42. The summed E-state index contributed by atoms with van der Waals surface area (Å²) in [5, 5.41) is 20.7. The lowest BCUT2D eigenvalue weighted by molar-refractivity contribution is -0.385. The molecule has 8 heteroatoms. The number of hydrogen-bond donors (Lipinski definition) is 1. The minimum atomic E-state index is -0.773. The summed E-state index contributed by atoms with van der Waals surface area (Å²) >= 11 is 0. The number of hydrogen-bond acceptors (Lipinski definition) is 5. The van der Waals surface area contributed by atoms with Gasteiger partial charge in [0.05, 0.1) is 17.6 Å². The molecule has 1 N–H and O–H groups in total. The molecule has 24 heavy (non-hydrogen) atoms. The number of halogens is 1. The van der Waals surface area contributed by atoms with Crippen molar-refractivity contribution in [3.63, 3.8) is 0 Å². The highest BCUT2D eigenvalue weighted by molar-refractivity contribution is 5.97. The molecule has 0 bridgehead atoms. The van der Waals surface area contributed by atoms with E-state index in [2.05, 4.69) is 0 Å². The third-order valence-electron chi connectivity index (χ3n) is 3.42. The number of rotatable bonds is 5. The van der Waals surface area contributed by atoms with Crippen LogP contribution in [0.1, 0.15) is 15.9 Å². The average molecular weight is 334 g/mol. The van der Waals surface area contributed by atoms with E-state index in [-0.39, 0.29) is 17.9 Å². The van der Waals surface area contributed by atoms with Gasteiger partial charge in [0, 0.05) is 19.7 Å². The van der Waals surface area contributed by atoms with Crippen molar-refractivity contribution in [2.75, 3.05) is 14.2 Å². The van der Waals surface area contributed by atoms with Crippen molar-refractivity contribution in [3.8, 4) is 11.5 Å². The Balaban J connectivity index is 2.23. The number of phenolic OH excluding ortho intramolecular Hbond substituents is 1. The number of phenols is 1. The second kappa shape index (κ2) is 6.95. The topological polar surface area (TPSA) is 92.9 Å². The number of carbonyl (C=O) groups excluding carboxylic acids is 1. The van der Waals surface area contributed by atoms with Crippen molar-refractivity contribution < 1.29 is 24.0 Å². The van der Waals surface area contributed by atoms with Crippen molar-refractivity contribution in [1.29, 1.82) is 0 Å². The predicted octanol–water partition coefficient (Wildman–Crippen LogP) is 2.72. The van der Waals surface area contributed by atoms with Gasteiger partial charge in [-0.05, 0) is 23.8 Å². The van der Waals surface area contributed by atoms with Crippen LogP contribution < -0.4 is 4.74 Å². The molecule has 0 spiro atoms. The van der Waals surface area contributed by atoms with Gasteiger partial charge in [-0.3, -0.25) is 14.9 Å². The van der Waals surface area contributed by atoms with Crippen molar-refractivity contribution >= 4 is 11.6 Å². The molecule has 2 aromatic carbocycles. The molecule has 2 aromatic rings. The van der Waals surface area contributed by atoms with Crippen molar-refractivity contribution in [3.05, 3.63) is 63.5 Å². The van der Waals surface area contributed by atoms with E-state index < -0.39 is 28.1 Å². The van der Waals surface area contributed by atoms with Gasteiger partial charge in [0.2, 0.25) is 5.75 Å². The molecule has 2 rings (SSSR count). The van der Waals surface area contributed by atoms with Crippen LogP contribution in [0.3, 0.4) is 0 Å². The minimum Gasteiger partial charge on any atom is -0.502 e. The number of ether oxygens (including phenoxy) is 1. The molecule has 0 heterocycles. The summed E-state index contributed by atoms with van der Waals surface area (Å²) in [5.41, 5.74) is -0.237. The molecule has 1 amide bonds. The first-order chi connectivity index (χ1) is 11.3. The van der Waals surface area contributed by atoms with Crippen LogP contribution in [-0.2, 0) is 6.54 Å². The molecule has 0 atom stereocenters. The first kappa shape index (κ1) is 17.2. The largest absolute Gasteiger partial charge is 0.502 e. The summed E-state index contributed by atoms with van der Waals surface area (Å²) in [4.78, 5) is 23.6. The van der Waals surface area contributed by atoms with Crippen molar-refractivity contribution in [2.45, 2.75) is 6.54 Å². The van der Waals surface area contributed by atoms with Crippen LogP contribution in [0.15, 0.2) is 36.4 Å². The lowest BCUT2D eigenvalue weighted by Gasteiger charge is -2.18. The van der Waals surface area contributed by atoms with E-state index in [0.717, 1.165) is 6.07 Å². The fourth-order valence-corrected chi connectivity index (χ4v) is 2.21. The Hall–Kier alpha value is -3.16. The lowest BCUT2D eigenvalue weighted by Crippen LogP contribution is -2.26. The minimum absolute atomic E-state index is 0.0574. The molecule has 0 fully saturated rings. The van der Waals surface area contributed by atoms with E-state index in [0.29, 0.717) is 5.56 Å². The van der Waals surface area contributed by atoms with Crippen molar-refractivity contribution in [1.82, 2.24) is 4.90 Å². The van der Waals surface area contributed by atoms with Gasteiger partial charge in [-0.2, -0.15) is 0 Å². The SMILES string of the molecule is COc1ccc(CN(C)C(=O)c2cccc([N+](=O)[O-])c2O)cc1F. The van der Waals surface area contributed by atoms with Crippen LogP contribution >= 0.6 is 0 Å². The monoisotopic (exact) mass is 334 g/mol. The summed E-state index contributed by atoms with van der Waals surface area (Å²) in [5.74, 6) is -1.79. The molecule has 0 aliphatic carbocycles. The van der Waals surface area contributed by atoms with E-state index in [4.69, 9.17) is 4.74 Å². The fraction of sp³-hybridized carbons (Fsp3) is 0.188. The molecular formula is C16H15FN2O5. The molecule has 0 unspecified atom stereocenters. The van der Waals surface area contributed by atoms with Gasteiger partial charge in [0.15, 0.2) is 11.6 Å². The zero-order chi connectivity index (χ0) is 17.9. The Kier molecular flexibility index (Phi) is 4.98. The maximum atomic E-state index is 13.7. The van der Waals surface area contributed by atoms with Crippen LogP contribution in [0, 0.1) is 15.9 Å². The highest BCUT2D eigenvalue weighted by Gasteiger charge is 2.23. The maximum Gasteiger partial charge on any atom is 0.311 e. The Bertz CT molecular complexity index is 794. The Morgan fingerprint density at radius 1 is 1.38 bits per heavy atom. The van der Waals surface area contributed by atoms with Crippen LogP contribution in [0.5, 0.6) is 11.5 Å². The molecule has 0 aliphatic heterocycles. The summed E-state index contributed by atoms with van der Waals surface area (Å²) < 4.78 is 18.5. The maximum absolute atomic E-state index is 13.7. The van der Waals surface area contributed by atoms with Gasteiger partial charge in [-0.1, -0.05) is 12.1 Å². The third kappa shape index (κ3) is 3.43. The smallest absolute Gasteiger partial charge is 0.311 e. The molecule has 7 nitrogen and oxygen atoms in total. The highest BCUT2D eigenvalue weighted by atomic mass is 19.1. The normalized spacial score (nSPS) is 10.3. The van der Waals surface area contributed by atoms with Gasteiger partial charge in [0.1, 0.15) is 0 Å². The van der Waals surface area contributed by atoms with Gasteiger partial charge in [-0.15, -0.1) is 0 Å². The molecule has 0 aromatic heterocycles. The molecular weight excluding hydrogens is 319 g/mol. The second-order valence-corrected chi connectivity index (χ2v) is 5.06. The Labute approximate surface area is 137 Å². The van der Waals surface area contributed by atoms with Gasteiger partial charge >= 0.3 is 5.69 Å². The number of para-hydroxylation sites is 1. The Morgan fingerprint density at radius 2 is 2.08 bits per heavy atom. The first-order valence-corrected chi connectivity index (χ1v) is 6.89. The number of nitrogens with zero attached hydrogens (tertiary/aromatic N) is 2. The molecule has 0 aliphatic rings. The summed E-state index contributed by atoms with van der Waals surface area (Å²) in [7, 11) is 2.79. The summed E-state index contributed by atoms with van der Waals surface area (Å²) in [6, 6.07) is 7.97. The average Bonchev–Trinajstić information content (AvgIpc) is 2.54. The quantitative estimate of drug-likeness (QED) is 0.670. The van der Waals surface area contributed by atoms with E-state index in [1.165, 1.54) is 43.3 Å². The number of nitro groups is 1. The molecule has 0 saturated heterocycles. The number of nitro benzene ring substituents is 1. The number of amides is 1. The first-order valence-electron chi connectivity index (χ1n) is 6.89. The second-order valence-electron chi connectivity index (χ2n) is 5.06. The number of aromatic hydroxyl groups is 1. The molecule has 0 radical (unpaired) electrons. The van der Waals surface area contributed by atoms with Crippen LogP contribution in [0.4, 0.5) is 10.1 Å². The fourth-order valence-electron chi connectivity index (χ4n) is 2.21. The highest BCUT2D eigenvalue weighted by Crippen LogP contribution is 2.30. The number of benzene rings is 2. The van der Waals surface area contributed by atoms with Crippen molar-refractivity contribution in [2.24, 2.45) is 0 Å².